The van der Waals surface area contributed by atoms with Gasteiger partial charge in [-0.3, -0.25) is 9.55 Å². The lowest BCUT2D eigenvalue weighted by Crippen LogP contribution is -2.05. The van der Waals surface area contributed by atoms with Gasteiger partial charge in [0.1, 0.15) is 5.82 Å². The van der Waals surface area contributed by atoms with E-state index in [1.165, 1.54) is 12.1 Å². The van der Waals surface area contributed by atoms with Crippen molar-refractivity contribution in [3.05, 3.63) is 96.1 Å². The Balaban J connectivity index is 1.59. The van der Waals surface area contributed by atoms with E-state index in [0.29, 0.717) is 6.54 Å². The third-order valence-corrected chi connectivity index (χ3v) is 5.29. The monoisotopic (exact) mass is 390 g/mol. The molecular weight excluding hydrogens is 371 g/mol. The number of benzene rings is 2. The Morgan fingerprint density at radius 2 is 1.64 bits per heavy atom. The summed E-state index contributed by atoms with van der Waals surface area (Å²) >= 11 is 1.66. The molecule has 2 aromatic carbocycles. The van der Waals surface area contributed by atoms with Gasteiger partial charge in [-0.25, -0.2) is 4.39 Å². The Kier molecular flexibility index (Phi) is 5.77. The van der Waals surface area contributed by atoms with E-state index in [1.54, 1.807) is 23.9 Å². The van der Waals surface area contributed by atoms with E-state index >= 15 is 0 Å². The normalized spacial score (nSPS) is 10.9. The molecule has 0 unspecified atom stereocenters. The summed E-state index contributed by atoms with van der Waals surface area (Å²) in [6, 6.07) is 22.5. The van der Waals surface area contributed by atoms with Gasteiger partial charge in [-0.2, -0.15) is 0 Å². The van der Waals surface area contributed by atoms with Gasteiger partial charge in [0, 0.05) is 23.2 Å². The second kappa shape index (κ2) is 8.80. The maximum absolute atomic E-state index is 13.3. The summed E-state index contributed by atoms with van der Waals surface area (Å²) in [6.45, 7) is 0.659. The van der Waals surface area contributed by atoms with E-state index in [0.717, 1.165) is 40.0 Å². The van der Waals surface area contributed by atoms with Crippen molar-refractivity contribution in [3.8, 4) is 11.4 Å². The van der Waals surface area contributed by atoms with Gasteiger partial charge in [-0.1, -0.05) is 48.2 Å². The van der Waals surface area contributed by atoms with Gasteiger partial charge in [-0.05, 0) is 48.4 Å². The molecule has 0 amide bonds. The third-order valence-electron chi connectivity index (χ3n) is 4.32. The van der Waals surface area contributed by atoms with Crippen LogP contribution in [0.2, 0.25) is 0 Å². The molecule has 140 valence electrons. The summed E-state index contributed by atoms with van der Waals surface area (Å²) in [5.74, 6) is 1.33. The molecule has 0 atom stereocenters. The summed E-state index contributed by atoms with van der Waals surface area (Å²) in [7, 11) is 0. The lowest BCUT2D eigenvalue weighted by Gasteiger charge is -2.10. The first-order chi connectivity index (χ1) is 13.8. The summed E-state index contributed by atoms with van der Waals surface area (Å²) in [5.41, 5.74) is 3.07. The number of hydrogen-bond acceptors (Lipinski definition) is 4. The molecule has 0 aliphatic rings. The molecule has 2 heterocycles. The van der Waals surface area contributed by atoms with Crippen molar-refractivity contribution in [1.29, 1.82) is 0 Å². The molecule has 0 N–H and O–H groups in total. The number of aromatic nitrogens is 4. The fourth-order valence-electron chi connectivity index (χ4n) is 2.91. The van der Waals surface area contributed by atoms with Gasteiger partial charge in [-0.15, -0.1) is 10.2 Å². The number of pyridine rings is 1. The summed E-state index contributed by atoms with van der Waals surface area (Å²) in [5, 5.41) is 9.64. The standard InChI is InChI=1S/C22H19FN4S/c23-19-11-9-18(10-12-19)21-25-26-22(27(21)16-17-6-2-1-3-7-17)28-15-13-20-8-4-5-14-24-20/h1-12,14H,13,15-16H2. The molecule has 4 aromatic rings. The number of halogens is 1. The average molecular weight is 390 g/mol. The van der Waals surface area contributed by atoms with Crippen LogP contribution in [0.1, 0.15) is 11.3 Å². The van der Waals surface area contributed by atoms with Gasteiger partial charge in [0.05, 0.1) is 6.54 Å². The van der Waals surface area contributed by atoms with E-state index in [1.807, 2.05) is 42.6 Å². The molecule has 2 aromatic heterocycles. The van der Waals surface area contributed by atoms with Crippen LogP contribution in [0.4, 0.5) is 4.39 Å². The first-order valence-corrected chi connectivity index (χ1v) is 10.0. The van der Waals surface area contributed by atoms with E-state index in [-0.39, 0.29) is 5.82 Å². The lowest BCUT2D eigenvalue weighted by atomic mass is 10.2. The van der Waals surface area contributed by atoms with Crippen molar-refractivity contribution in [2.24, 2.45) is 0 Å². The van der Waals surface area contributed by atoms with Crippen molar-refractivity contribution in [2.75, 3.05) is 5.75 Å². The first kappa shape index (κ1) is 18.4. The maximum Gasteiger partial charge on any atom is 0.191 e. The molecule has 6 heteroatoms. The largest absolute Gasteiger partial charge is 0.298 e. The van der Waals surface area contributed by atoms with Crippen LogP contribution in [0.15, 0.2) is 84.1 Å². The minimum Gasteiger partial charge on any atom is -0.298 e. The minimum absolute atomic E-state index is 0.261. The topological polar surface area (TPSA) is 43.6 Å². The number of aryl methyl sites for hydroxylation is 1. The highest BCUT2D eigenvalue weighted by Gasteiger charge is 2.15. The quantitative estimate of drug-likeness (QED) is 0.423. The minimum atomic E-state index is -0.261. The highest BCUT2D eigenvalue weighted by Crippen LogP contribution is 2.26. The van der Waals surface area contributed by atoms with Gasteiger partial charge >= 0.3 is 0 Å². The molecule has 0 fully saturated rings. The summed E-state index contributed by atoms with van der Waals surface area (Å²) in [4.78, 5) is 4.37. The lowest BCUT2D eigenvalue weighted by molar-refractivity contribution is 0.628. The highest BCUT2D eigenvalue weighted by molar-refractivity contribution is 7.99. The van der Waals surface area contributed by atoms with E-state index < -0.39 is 0 Å². The molecule has 0 saturated heterocycles. The van der Waals surface area contributed by atoms with E-state index in [9.17, 15) is 4.39 Å². The molecule has 0 radical (unpaired) electrons. The molecule has 0 spiro atoms. The zero-order valence-corrected chi connectivity index (χ0v) is 16.0. The molecule has 0 saturated carbocycles. The predicted molar refractivity (Wildman–Crippen MR) is 110 cm³/mol. The summed E-state index contributed by atoms with van der Waals surface area (Å²) in [6.07, 6.45) is 2.67. The van der Waals surface area contributed by atoms with Gasteiger partial charge in [0.25, 0.3) is 0 Å². The number of hydrogen-bond donors (Lipinski definition) is 0. The SMILES string of the molecule is Fc1ccc(-c2nnc(SCCc3ccccn3)n2Cc2ccccc2)cc1. The van der Waals surface area contributed by atoms with Crippen molar-refractivity contribution >= 4 is 11.8 Å². The molecule has 0 aliphatic heterocycles. The third kappa shape index (κ3) is 4.46. The van der Waals surface area contributed by atoms with Crippen LogP contribution < -0.4 is 0 Å². The van der Waals surface area contributed by atoms with Crippen LogP contribution in [0.5, 0.6) is 0 Å². The Morgan fingerprint density at radius 3 is 2.39 bits per heavy atom. The van der Waals surface area contributed by atoms with Crippen LogP contribution in [-0.4, -0.2) is 25.5 Å². The first-order valence-electron chi connectivity index (χ1n) is 9.05. The van der Waals surface area contributed by atoms with Crippen LogP contribution in [0.25, 0.3) is 11.4 Å². The Labute approximate surface area is 167 Å². The Bertz CT molecular complexity index is 1020. The second-order valence-electron chi connectivity index (χ2n) is 6.30. The molecule has 28 heavy (non-hydrogen) atoms. The smallest absolute Gasteiger partial charge is 0.191 e. The molecule has 4 rings (SSSR count). The van der Waals surface area contributed by atoms with Crippen LogP contribution >= 0.6 is 11.8 Å². The van der Waals surface area contributed by atoms with Crippen molar-refractivity contribution in [3.63, 3.8) is 0 Å². The number of nitrogens with zero attached hydrogens (tertiary/aromatic N) is 4. The number of thioether (sulfide) groups is 1. The maximum atomic E-state index is 13.3. The van der Waals surface area contributed by atoms with Gasteiger partial charge in [0.2, 0.25) is 0 Å². The van der Waals surface area contributed by atoms with Crippen molar-refractivity contribution < 1.29 is 4.39 Å². The van der Waals surface area contributed by atoms with Crippen molar-refractivity contribution in [1.82, 2.24) is 19.7 Å². The van der Waals surface area contributed by atoms with Crippen molar-refractivity contribution in [2.45, 2.75) is 18.1 Å². The predicted octanol–water partition coefficient (Wildman–Crippen LogP) is 4.86. The molecule has 0 bridgehead atoms. The van der Waals surface area contributed by atoms with Gasteiger partial charge in [0.15, 0.2) is 11.0 Å². The Morgan fingerprint density at radius 1 is 0.857 bits per heavy atom. The molecular formula is C22H19FN4S. The van der Waals surface area contributed by atoms with Crippen LogP contribution in [-0.2, 0) is 13.0 Å². The van der Waals surface area contributed by atoms with E-state index in [2.05, 4.69) is 31.9 Å². The van der Waals surface area contributed by atoms with Crippen LogP contribution in [0, 0.1) is 5.82 Å². The molecule has 4 nitrogen and oxygen atoms in total. The Hall–Kier alpha value is -2.99. The zero-order valence-electron chi connectivity index (χ0n) is 15.2. The fourth-order valence-corrected chi connectivity index (χ4v) is 3.81. The zero-order chi connectivity index (χ0) is 19.2. The number of rotatable bonds is 7. The summed E-state index contributed by atoms with van der Waals surface area (Å²) < 4.78 is 15.4. The van der Waals surface area contributed by atoms with Crippen LogP contribution in [0.3, 0.4) is 0 Å². The second-order valence-corrected chi connectivity index (χ2v) is 7.37. The fraction of sp³-hybridized carbons (Fsp3) is 0.136. The highest BCUT2D eigenvalue weighted by atomic mass is 32.2. The van der Waals surface area contributed by atoms with E-state index in [4.69, 9.17) is 0 Å². The molecule has 0 aliphatic carbocycles. The average Bonchev–Trinajstić information content (AvgIpc) is 3.13. The van der Waals surface area contributed by atoms with Gasteiger partial charge < -0.3 is 0 Å².